The number of H-pyrrole nitrogens is 1. The number of aromatic amines is 1. The largest absolute Gasteiger partial charge is 0.491 e. The van der Waals surface area contributed by atoms with Gasteiger partial charge in [0, 0.05) is 12.0 Å². The summed E-state index contributed by atoms with van der Waals surface area (Å²) in [5.41, 5.74) is 2.32. The number of fused-ring (bicyclic) bond motifs is 1. The van der Waals surface area contributed by atoms with E-state index in [1.807, 2.05) is 32.9 Å². The number of rotatable bonds is 13. The number of ether oxygens (including phenoxy) is 5. The van der Waals surface area contributed by atoms with Crippen molar-refractivity contribution < 1.29 is 23.7 Å². The van der Waals surface area contributed by atoms with Crippen LogP contribution in [0.15, 0.2) is 12.1 Å². The van der Waals surface area contributed by atoms with Crippen LogP contribution in [0, 0.1) is 5.41 Å². The zero-order valence-corrected chi connectivity index (χ0v) is 18.3. The highest BCUT2D eigenvalue weighted by Gasteiger charge is 2.36. The minimum Gasteiger partial charge on any atom is -0.491 e. The van der Waals surface area contributed by atoms with Gasteiger partial charge in [-0.15, -0.1) is 0 Å². The van der Waals surface area contributed by atoms with E-state index in [4.69, 9.17) is 23.7 Å². The Balaban J connectivity index is 1.73. The zero-order valence-electron chi connectivity index (χ0n) is 18.3. The normalized spacial score (nSPS) is 15.3. The van der Waals surface area contributed by atoms with Crippen molar-refractivity contribution >= 4 is 10.9 Å². The Kier molecular flexibility index (Phi) is 7.67. The molecule has 0 spiro atoms. The molecule has 1 fully saturated rings. The van der Waals surface area contributed by atoms with Crippen LogP contribution in [-0.4, -0.2) is 51.2 Å². The summed E-state index contributed by atoms with van der Waals surface area (Å²) < 4.78 is 29.1. The van der Waals surface area contributed by atoms with Gasteiger partial charge >= 0.3 is 0 Å². The van der Waals surface area contributed by atoms with Gasteiger partial charge in [0.2, 0.25) is 0 Å². The van der Waals surface area contributed by atoms with Crippen LogP contribution in [0.5, 0.6) is 17.2 Å². The van der Waals surface area contributed by atoms with Gasteiger partial charge in [-0.25, -0.2) is 0 Å². The molecule has 0 saturated carbocycles. The lowest BCUT2D eigenvalue weighted by Gasteiger charge is -2.40. The maximum Gasteiger partial charge on any atom is 0.174 e. The third kappa shape index (κ3) is 4.81. The minimum absolute atomic E-state index is 0.236. The number of hydrogen-bond donors (Lipinski definition) is 1. The number of nitrogens with one attached hydrogen (secondary N) is 1. The van der Waals surface area contributed by atoms with Crippen LogP contribution < -0.4 is 14.2 Å². The van der Waals surface area contributed by atoms with Gasteiger partial charge in [0.25, 0.3) is 0 Å². The smallest absolute Gasteiger partial charge is 0.174 e. The molecule has 162 valence electrons. The monoisotopic (exact) mass is 405 g/mol. The lowest BCUT2D eigenvalue weighted by Crippen LogP contribution is -2.45. The van der Waals surface area contributed by atoms with E-state index in [0.717, 1.165) is 79.5 Å². The molecule has 1 N–H and O–H groups in total. The van der Waals surface area contributed by atoms with E-state index in [1.165, 1.54) is 0 Å². The highest BCUT2D eigenvalue weighted by atomic mass is 16.5. The van der Waals surface area contributed by atoms with Gasteiger partial charge in [0.15, 0.2) is 17.2 Å². The first kappa shape index (κ1) is 21.8. The Morgan fingerprint density at radius 2 is 1.69 bits per heavy atom. The average Bonchev–Trinajstić information content (AvgIpc) is 3.04. The number of benzene rings is 1. The average molecular weight is 406 g/mol. The molecule has 3 rings (SSSR count). The molecule has 0 atom stereocenters. The van der Waals surface area contributed by atoms with Gasteiger partial charge in [-0.3, -0.25) is 0 Å². The van der Waals surface area contributed by atoms with Gasteiger partial charge in [-0.05, 0) is 52.2 Å². The Hall–Kier alpha value is -1.92. The summed E-state index contributed by atoms with van der Waals surface area (Å²) >= 11 is 0. The fourth-order valence-electron chi connectivity index (χ4n) is 3.72. The molecule has 1 aliphatic heterocycles. The molecule has 1 aromatic heterocycles. The topological polar surface area (TPSA) is 61.9 Å². The summed E-state index contributed by atoms with van der Waals surface area (Å²) in [6.45, 7) is 13.1. The second-order valence-electron chi connectivity index (χ2n) is 7.55. The van der Waals surface area contributed by atoms with E-state index in [1.54, 1.807) is 0 Å². The molecular formula is C23H35NO5. The first-order chi connectivity index (χ1) is 14.2. The van der Waals surface area contributed by atoms with Crippen molar-refractivity contribution in [2.45, 2.75) is 47.0 Å². The van der Waals surface area contributed by atoms with Crippen LogP contribution in [0.4, 0.5) is 0 Å². The van der Waals surface area contributed by atoms with Crippen LogP contribution >= 0.6 is 0 Å². The fourth-order valence-corrected chi connectivity index (χ4v) is 3.72. The molecule has 29 heavy (non-hydrogen) atoms. The quantitative estimate of drug-likeness (QED) is 0.488. The van der Waals surface area contributed by atoms with Crippen LogP contribution in [0.2, 0.25) is 0 Å². The van der Waals surface area contributed by atoms with Gasteiger partial charge in [0.1, 0.15) is 0 Å². The third-order valence-corrected chi connectivity index (χ3v) is 5.48. The fraction of sp³-hybridized carbons (Fsp3) is 0.652. The molecule has 2 aromatic rings. The maximum absolute atomic E-state index is 6.04. The lowest BCUT2D eigenvalue weighted by atomic mass is 9.84. The predicted molar refractivity (Wildman–Crippen MR) is 114 cm³/mol. The van der Waals surface area contributed by atoms with Gasteiger partial charge < -0.3 is 28.7 Å². The second-order valence-corrected chi connectivity index (χ2v) is 7.55. The van der Waals surface area contributed by atoms with E-state index >= 15 is 0 Å². The van der Waals surface area contributed by atoms with E-state index in [0.29, 0.717) is 19.8 Å². The highest BCUT2D eigenvalue weighted by Crippen LogP contribution is 2.43. The maximum atomic E-state index is 6.04. The summed E-state index contributed by atoms with van der Waals surface area (Å²) in [4.78, 5) is 3.52. The summed E-state index contributed by atoms with van der Waals surface area (Å²) in [5.74, 6) is 2.37. The first-order valence-corrected chi connectivity index (χ1v) is 10.9. The Morgan fingerprint density at radius 3 is 2.31 bits per heavy atom. The van der Waals surface area contributed by atoms with Crippen molar-refractivity contribution in [2.24, 2.45) is 5.41 Å². The first-order valence-electron chi connectivity index (χ1n) is 10.9. The molecule has 0 amide bonds. The molecule has 0 unspecified atom stereocenters. The molecule has 0 aliphatic carbocycles. The molecule has 6 heteroatoms. The van der Waals surface area contributed by atoms with Crippen molar-refractivity contribution in [3.05, 3.63) is 17.8 Å². The Bertz CT molecular complexity index is 776. The van der Waals surface area contributed by atoms with E-state index in [2.05, 4.69) is 11.9 Å². The lowest BCUT2D eigenvalue weighted by molar-refractivity contribution is -0.150. The molecule has 1 saturated heterocycles. The standard InChI is InChI=1S/C23H35NO5/c1-5-23(15-26-16-23)14-25-13-9-10-18-21(28-7-3)20-17(24-18)11-12-19(27-6-2)22(20)29-8-4/h11-12,24H,5-10,13-16H2,1-4H3. The van der Waals surface area contributed by atoms with Crippen molar-refractivity contribution in [2.75, 3.05) is 46.2 Å². The second kappa shape index (κ2) is 10.2. The zero-order chi connectivity index (χ0) is 20.7. The summed E-state index contributed by atoms with van der Waals surface area (Å²) in [6, 6.07) is 3.99. The molecule has 1 aromatic carbocycles. The number of aromatic nitrogens is 1. The molecule has 2 heterocycles. The SMILES string of the molecule is CCOc1ccc2[nH]c(CCCOCC3(CC)COC3)c(OCC)c2c1OCC. The summed E-state index contributed by atoms with van der Waals surface area (Å²) in [7, 11) is 0. The van der Waals surface area contributed by atoms with Crippen molar-refractivity contribution in [1.82, 2.24) is 4.98 Å². The van der Waals surface area contributed by atoms with Crippen LogP contribution in [0.3, 0.4) is 0 Å². The molecule has 1 aliphatic rings. The van der Waals surface area contributed by atoms with Gasteiger partial charge in [-0.2, -0.15) is 0 Å². The highest BCUT2D eigenvalue weighted by molar-refractivity contribution is 5.95. The number of hydrogen-bond acceptors (Lipinski definition) is 5. The van der Waals surface area contributed by atoms with Crippen LogP contribution in [-0.2, 0) is 15.9 Å². The summed E-state index contributed by atoms with van der Waals surface area (Å²) in [6.07, 6.45) is 2.89. The van der Waals surface area contributed by atoms with E-state index in [9.17, 15) is 0 Å². The van der Waals surface area contributed by atoms with E-state index in [-0.39, 0.29) is 5.41 Å². The minimum atomic E-state index is 0.236. The van der Waals surface area contributed by atoms with Crippen LogP contribution in [0.1, 0.15) is 46.2 Å². The summed E-state index contributed by atoms with van der Waals surface area (Å²) in [5, 5.41) is 0.965. The van der Waals surface area contributed by atoms with Crippen molar-refractivity contribution in [3.8, 4) is 17.2 Å². The number of aryl methyl sites for hydroxylation is 1. The third-order valence-electron chi connectivity index (χ3n) is 5.48. The molecule has 0 radical (unpaired) electrons. The van der Waals surface area contributed by atoms with Gasteiger partial charge in [-0.1, -0.05) is 6.92 Å². The van der Waals surface area contributed by atoms with E-state index < -0.39 is 0 Å². The van der Waals surface area contributed by atoms with Crippen molar-refractivity contribution in [3.63, 3.8) is 0 Å². The van der Waals surface area contributed by atoms with Gasteiger partial charge in [0.05, 0.1) is 56.2 Å². The molecule has 0 bridgehead atoms. The Labute approximate surface area is 173 Å². The van der Waals surface area contributed by atoms with Crippen molar-refractivity contribution in [1.29, 1.82) is 0 Å². The molecule has 6 nitrogen and oxygen atoms in total. The molecular weight excluding hydrogens is 370 g/mol. The Morgan fingerprint density at radius 1 is 0.966 bits per heavy atom. The van der Waals surface area contributed by atoms with Crippen LogP contribution in [0.25, 0.3) is 10.9 Å². The predicted octanol–water partition coefficient (Wildman–Crippen LogP) is 4.74.